The molecule has 0 aliphatic heterocycles. The number of anilines is 3. The number of H-pyrrole nitrogens is 1. The van der Waals surface area contributed by atoms with E-state index < -0.39 is 0 Å². The van der Waals surface area contributed by atoms with Gasteiger partial charge in [0.1, 0.15) is 5.52 Å². The van der Waals surface area contributed by atoms with Crippen molar-refractivity contribution < 1.29 is 0 Å². The number of aromatic nitrogens is 3. The number of halogens is 1. The summed E-state index contributed by atoms with van der Waals surface area (Å²) in [6.45, 7) is 0. The largest absolute Gasteiger partial charge is 0.378 e. The lowest BCUT2D eigenvalue weighted by molar-refractivity contribution is 1.12. The highest BCUT2D eigenvalue weighted by atomic mass is 79.9. The van der Waals surface area contributed by atoms with E-state index in [1.165, 1.54) is 0 Å². The van der Waals surface area contributed by atoms with E-state index >= 15 is 0 Å². The van der Waals surface area contributed by atoms with Crippen LogP contribution in [0.3, 0.4) is 0 Å². The van der Waals surface area contributed by atoms with Crippen molar-refractivity contribution >= 4 is 54.9 Å². The summed E-state index contributed by atoms with van der Waals surface area (Å²) in [4.78, 5) is 6.83. The Hall–Kier alpha value is -2.60. The summed E-state index contributed by atoms with van der Waals surface area (Å²) in [7, 11) is 4.05. The first-order valence-electron chi connectivity index (χ1n) is 7.58. The minimum Gasteiger partial charge on any atom is -0.378 e. The molecule has 2 aromatic carbocycles. The first kappa shape index (κ1) is 15.0. The maximum absolute atomic E-state index is 4.76. The average Bonchev–Trinajstić information content (AvgIpc) is 3.06. The standard InChI is InChI=1S/C18H16BrN5/c1-24(2)13-6-4-12(5-7-13)21-18-17-15(10-20-23-17)14-9-11(19)3-8-16(14)22-18/h3-10H,1-2H3,(H,20,23)(H,21,22). The molecule has 2 N–H and O–H groups in total. The smallest absolute Gasteiger partial charge is 0.157 e. The lowest BCUT2D eigenvalue weighted by Gasteiger charge is -2.13. The van der Waals surface area contributed by atoms with Gasteiger partial charge in [0.2, 0.25) is 0 Å². The van der Waals surface area contributed by atoms with Gasteiger partial charge in [-0.05, 0) is 42.5 Å². The Labute approximate surface area is 147 Å². The van der Waals surface area contributed by atoms with Crippen molar-refractivity contribution in [1.82, 2.24) is 15.2 Å². The van der Waals surface area contributed by atoms with Gasteiger partial charge in [0.05, 0.1) is 11.7 Å². The van der Waals surface area contributed by atoms with Crippen molar-refractivity contribution in [3.63, 3.8) is 0 Å². The van der Waals surface area contributed by atoms with Crippen LogP contribution in [0.25, 0.3) is 21.8 Å². The number of nitrogens with one attached hydrogen (secondary N) is 2. The van der Waals surface area contributed by atoms with E-state index in [-0.39, 0.29) is 0 Å². The third kappa shape index (κ3) is 2.59. The summed E-state index contributed by atoms with van der Waals surface area (Å²) < 4.78 is 1.03. The van der Waals surface area contributed by atoms with Crippen LogP contribution in [0.4, 0.5) is 17.2 Å². The molecule has 2 aromatic heterocycles. The number of hydrogen-bond donors (Lipinski definition) is 2. The Kier molecular flexibility index (Phi) is 3.61. The van der Waals surface area contributed by atoms with Gasteiger partial charge in [-0.1, -0.05) is 15.9 Å². The maximum atomic E-state index is 4.76. The molecule has 5 nitrogen and oxygen atoms in total. The van der Waals surface area contributed by atoms with Gasteiger partial charge in [0.15, 0.2) is 5.82 Å². The van der Waals surface area contributed by atoms with E-state index in [2.05, 4.69) is 54.5 Å². The quantitative estimate of drug-likeness (QED) is 0.540. The summed E-state index contributed by atoms with van der Waals surface area (Å²) >= 11 is 3.52. The highest BCUT2D eigenvalue weighted by Gasteiger charge is 2.11. The summed E-state index contributed by atoms with van der Waals surface area (Å²) in [6.07, 6.45) is 1.84. The molecule has 0 amide bonds. The normalized spacial score (nSPS) is 11.1. The van der Waals surface area contributed by atoms with Gasteiger partial charge in [0.25, 0.3) is 0 Å². The predicted octanol–water partition coefficient (Wildman–Crippen LogP) is 4.68. The number of pyridine rings is 1. The van der Waals surface area contributed by atoms with Gasteiger partial charge >= 0.3 is 0 Å². The Morgan fingerprint density at radius 3 is 2.58 bits per heavy atom. The second kappa shape index (κ2) is 5.79. The molecule has 0 saturated heterocycles. The van der Waals surface area contributed by atoms with Crippen LogP contribution in [0.2, 0.25) is 0 Å². The number of hydrogen-bond acceptors (Lipinski definition) is 4. The van der Waals surface area contributed by atoms with Gasteiger partial charge in [0, 0.05) is 40.7 Å². The van der Waals surface area contributed by atoms with Gasteiger partial charge in [-0.15, -0.1) is 0 Å². The Morgan fingerprint density at radius 1 is 1.04 bits per heavy atom. The monoisotopic (exact) mass is 381 g/mol. The summed E-state index contributed by atoms with van der Waals surface area (Å²) in [5.74, 6) is 0.773. The van der Waals surface area contributed by atoms with Crippen LogP contribution in [0, 0.1) is 0 Å². The number of benzene rings is 2. The van der Waals surface area contributed by atoms with Crippen molar-refractivity contribution in [3.8, 4) is 0 Å². The molecule has 0 bridgehead atoms. The van der Waals surface area contributed by atoms with Crippen molar-refractivity contribution in [1.29, 1.82) is 0 Å². The zero-order valence-corrected chi connectivity index (χ0v) is 14.9. The molecule has 0 fully saturated rings. The minimum absolute atomic E-state index is 0.773. The molecular weight excluding hydrogens is 366 g/mol. The molecule has 0 unspecified atom stereocenters. The van der Waals surface area contributed by atoms with Crippen LogP contribution in [0.1, 0.15) is 0 Å². The van der Waals surface area contributed by atoms with Crippen LogP contribution in [-0.2, 0) is 0 Å². The first-order chi connectivity index (χ1) is 11.6. The van der Waals surface area contributed by atoms with Crippen molar-refractivity contribution in [3.05, 3.63) is 53.1 Å². The topological polar surface area (TPSA) is 56.8 Å². The molecule has 6 heteroatoms. The van der Waals surface area contributed by atoms with Crippen LogP contribution in [0.5, 0.6) is 0 Å². The third-order valence-corrected chi connectivity index (χ3v) is 4.50. The zero-order valence-electron chi connectivity index (χ0n) is 13.3. The molecular formula is C18H16BrN5. The first-order valence-corrected chi connectivity index (χ1v) is 8.38. The van der Waals surface area contributed by atoms with E-state index in [0.29, 0.717) is 0 Å². The van der Waals surface area contributed by atoms with E-state index in [0.717, 1.165) is 43.5 Å². The number of aromatic amines is 1. The second-order valence-electron chi connectivity index (χ2n) is 5.85. The molecule has 120 valence electrons. The lowest BCUT2D eigenvalue weighted by Crippen LogP contribution is -2.08. The molecule has 2 heterocycles. The van der Waals surface area contributed by atoms with Gasteiger partial charge < -0.3 is 10.2 Å². The Balaban J connectivity index is 1.80. The fourth-order valence-electron chi connectivity index (χ4n) is 2.74. The molecule has 4 rings (SSSR count). The molecule has 0 saturated carbocycles. The maximum Gasteiger partial charge on any atom is 0.157 e. The van der Waals surface area contributed by atoms with Gasteiger partial charge in [-0.2, -0.15) is 5.10 Å². The van der Waals surface area contributed by atoms with E-state index in [1.54, 1.807) is 0 Å². The highest BCUT2D eigenvalue weighted by Crippen LogP contribution is 2.31. The molecule has 4 aromatic rings. The second-order valence-corrected chi connectivity index (χ2v) is 6.76. The van der Waals surface area contributed by atoms with Crippen molar-refractivity contribution in [2.75, 3.05) is 24.3 Å². The minimum atomic E-state index is 0.773. The van der Waals surface area contributed by atoms with Crippen molar-refractivity contribution in [2.45, 2.75) is 0 Å². The van der Waals surface area contributed by atoms with E-state index in [4.69, 9.17) is 4.98 Å². The summed E-state index contributed by atoms with van der Waals surface area (Å²) in [5, 5.41) is 12.8. The molecule has 0 aliphatic carbocycles. The lowest BCUT2D eigenvalue weighted by atomic mass is 10.1. The van der Waals surface area contributed by atoms with E-state index in [1.807, 2.05) is 44.6 Å². The fourth-order valence-corrected chi connectivity index (χ4v) is 3.10. The Morgan fingerprint density at radius 2 is 1.83 bits per heavy atom. The van der Waals surface area contributed by atoms with E-state index in [9.17, 15) is 0 Å². The van der Waals surface area contributed by atoms with Crippen LogP contribution in [-0.4, -0.2) is 29.3 Å². The molecule has 0 atom stereocenters. The fraction of sp³-hybridized carbons (Fsp3) is 0.111. The molecule has 0 aliphatic rings. The van der Waals surface area contributed by atoms with Crippen LogP contribution in [0.15, 0.2) is 53.1 Å². The average molecular weight is 382 g/mol. The van der Waals surface area contributed by atoms with Gasteiger partial charge in [-0.3, -0.25) is 5.10 Å². The SMILES string of the molecule is CN(C)c1ccc(Nc2nc3ccc(Br)cc3c3cn[nH]c23)cc1. The van der Waals surface area contributed by atoms with Gasteiger partial charge in [-0.25, -0.2) is 4.98 Å². The number of fused-ring (bicyclic) bond motifs is 3. The summed E-state index contributed by atoms with van der Waals surface area (Å²) in [6, 6.07) is 14.3. The number of nitrogens with zero attached hydrogens (tertiary/aromatic N) is 3. The Bertz CT molecular complexity index is 1020. The van der Waals surface area contributed by atoms with Crippen LogP contribution >= 0.6 is 15.9 Å². The van der Waals surface area contributed by atoms with Crippen LogP contribution < -0.4 is 10.2 Å². The molecule has 24 heavy (non-hydrogen) atoms. The summed E-state index contributed by atoms with van der Waals surface area (Å²) in [5.41, 5.74) is 3.97. The van der Waals surface area contributed by atoms with Crippen molar-refractivity contribution in [2.24, 2.45) is 0 Å². The third-order valence-electron chi connectivity index (χ3n) is 4.00. The number of rotatable bonds is 3. The highest BCUT2D eigenvalue weighted by molar-refractivity contribution is 9.10. The molecule has 0 radical (unpaired) electrons. The zero-order chi connectivity index (χ0) is 16.7. The molecule has 0 spiro atoms. The predicted molar refractivity (Wildman–Crippen MR) is 103 cm³/mol.